The van der Waals surface area contributed by atoms with Crippen LogP contribution >= 0.6 is 0 Å². The molecule has 0 saturated carbocycles. The van der Waals surface area contributed by atoms with Crippen LogP contribution in [0.25, 0.3) is 0 Å². The van der Waals surface area contributed by atoms with Crippen LogP contribution in [0.4, 0.5) is 0 Å². The zero-order valence-electron chi connectivity index (χ0n) is 23.9. The van der Waals surface area contributed by atoms with Gasteiger partial charge >= 0.3 is 0 Å². The molecule has 0 aromatic rings. The van der Waals surface area contributed by atoms with E-state index < -0.39 is 0 Å². The van der Waals surface area contributed by atoms with E-state index >= 15 is 0 Å². The molecule has 0 heteroatoms. The van der Waals surface area contributed by atoms with Crippen molar-refractivity contribution in [1.29, 1.82) is 0 Å². The lowest BCUT2D eigenvalue weighted by molar-refractivity contribution is 0.135. The highest BCUT2D eigenvalue weighted by molar-refractivity contribution is 4.80. The van der Waals surface area contributed by atoms with Crippen molar-refractivity contribution in [3.05, 3.63) is 0 Å². The molecule has 0 bridgehead atoms. The highest BCUT2D eigenvalue weighted by atomic mass is 14.3. The van der Waals surface area contributed by atoms with Crippen LogP contribution < -0.4 is 0 Å². The second kappa shape index (κ2) is 24.1. The second-order valence-electron chi connectivity index (χ2n) is 11.2. The van der Waals surface area contributed by atoms with E-state index in [2.05, 4.69) is 41.5 Å². The molecule has 0 saturated heterocycles. The molecular formula is C32H66. The van der Waals surface area contributed by atoms with Crippen molar-refractivity contribution >= 4 is 0 Å². The Morgan fingerprint density at radius 1 is 0.375 bits per heavy atom. The zero-order valence-corrected chi connectivity index (χ0v) is 23.9. The van der Waals surface area contributed by atoms with E-state index in [1.165, 1.54) is 141 Å². The molecule has 0 rings (SSSR count). The molecule has 0 aliphatic carbocycles. The molecule has 0 aliphatic heterocycles. The second-order valence-corrected chi connectivity index (χ2v) is 11.2. The largest absolute Gasteiger partial charge is 0.0654 e. The molecular weight excluding hydrogens is 384 g/mol. The summed E-state index contributed by atoms with van der Waals surface area (Å²) >= 11 is 0. The molecule has 32 heavy (non-hydrogen) atoms. The van der Waals surface area contributed by atoms with Crippen molar-refractivity contribution in [2.75, 3.05) is 0 Å². The summed E-state index contributed by atoms with van der Waals surface area (Å²) in [6.45, 7) is 14.6. The summed E-state index contributed by atoms with van der Waals surface area (Å²) in [7, 11) is 0. The Morgan fingerprint density at radius 2 is 0.719 bits per heavy atom. The molecule has 4 unspecified atom stereocenters. The summed E-state index contributed by atoms with van der Waals surface area (Å²) in [4.78, 5) is 0. The van der Waals surface area contributed by atoms with E-state index in [1.54, 1.807) is 0 Å². The molecule has 194 valence electrons. The lowest BCUT2D eigenvalue weighted by Gasteiger charge is -2.37. The number of hydrogen-bond acceptors (Lipinski definition) is 0. The molecule has 0 aromatic heterocycles. The molecule has 0 spiro atoms. The Hall–Kier alpha value is 0. The molecule has 0 aromatic carbocycles. The van der Waals surface area contributed by atoms with Crippen LogP contribution in [-0.4, -0.2) is 0 Å². The first-order chi connectivity index (χ1) is 15.7. The van der Waals surface area contributed by atoms with Crippen LogP contribution in [0.2, 0.25) is 0 Å². The summed E-state index contributed by atoms with van der Waals surface area (Å²) in [5, 5.41) is 0. The van der Waals surface area contributed by atoms with E-state index in [0.717, 1.165) is 23.7 Å². The lowest BCUT2D eigenvalue weighted by Crippen LogP contribution is -2.27. The van der Waals surface area contributed by atoms with Crippen molar-refractivity contribution in [2.24, 2.45) is 23.7 Å². The van der Waals surface area contributed by atoms with Crippen molar-refractivity contribution in [3.63, 3.8) is 0 Å². The van der Waals surface area contributed by atoms with Gasteiger partial charge in [-0.25, -0.2) is 0 Å². The molecule has 0 N–H and O–H groups in total. The van der Waals surface area contributed by atoms with E-state index in [1.807, 2.05) is 0 Å². The van der Waals surface area contributed by atoms with Gasteiger partial charge in [-0.3, -0.25) is 0 Å². The van der Waals surface area contributed by atoms with Crippen LogP contribution in [0.15, 0.2) is 0 Å². The highest BCUT2D eigenvalue weighted by Crippen LogP contribution is 2.39. The highest BCUT2D eigenvalue weighted by Gasteiger charge is 2.29. The smallest absolute Gasteiger partial charge is 0.0360 e. The number of hydrogen-bond donors (Lipinski definition) is 0. The standard InChI is InChI=1S/C32H66/c1-7-12-16-18-20-23-26-30(25-15-10-4)29(6)32(11-5)31(27-22-14-9-3)28-24-21-19-17-13-8-2/h29-32H,7-28H2,1-6H3. The Bertz CT molecular complexity index is 346. The van der Waals surface area contributed by atoms with Gasteiger partial charge in [-0.15, -0.1) is 0 Å². The van der Waals surface area contributed by atoms with E-state index in [-0.39, 0.29) is 0 Å². The van der Waals surface area contributed by atoms with Gasteiger partial charge in [0.05, 0.1) is 0 Å². The fourth-order valence-corrected chi connectivity index (χ4v) is 6.22. The normalized spacial score (nSPS) is 15.6. The topological polar surface area (TPSA) is 0 Å². The number of unbranched alkanes of at least 4 members (excludes halogenated alkanes) is 13. The zero-order chi connectivity index (χ0) is 23.9. The van der Waals surface area contributed by atoms with Crippen molar-refractivity contribution in [1.82, 2.24) is 0 Å². The minimum Gasteiger partial charge on any atom is -0.0654 e. The maximum atomic E-state index is 2.67. The molecule has 4 atom stereocenters. The SMILES string of the molecule is CCCCCCCCC(CCCC)C(C)C(CC)C(CCCCC)CCCCCCCC. The van der Waals surface area contributed by atoms with Crippen LogP contribution in [0.1, 0.15) is 183 Å². The molecule has 0 amide bonds. The van der Waals surface area contributed by atoms with Crippen molar-refractivity contribution in [2.45, 2.75) is 183 Å². The van der Waals surface area contributed by atoms with Crippen molar-refractivity contribution in [3.8, 4) is 0 Å². The fraction of sp³-hybridized carbons (Fsp3) is 1.00. The third kappa shape index (κ3) is 16.6. The Balaban J connectivity index is 4.87. The summed E-state index contributed by atoms with van der Waals surface area (Å²) in [5.74, 6) is 3.85. The monoisotopic (exact) mass is 451 g/mol. The van der Waals surface area contributed by atoms with Gasteiger partial charge in [0, 0.05) is 0 Å². The summed E-state index contributed by atoms with van der Waals surface area (Å²) < 4.78 is 0. The molecule has 0 nitrogen and oxygen atoms in total. The van der Waals surface area contributed by atoms with Crippen molar-refractivity contribution < 1.29 is 0 Å². The fourth-order valence-electron chi connectivity index (χ4n) is 6.22. The average Bonchev–Trinajstić information content (AvgIpc) is 2.80. The van der Waals surface area contributed by atoms with Gasteiger partial charge in [-0.1, -0.05) is 183 Å². The van der Waals surface area contributed by atoms with Crippen LogP contribution in [0.5, 0.6) is 0 Å². The minimum absolute atomic E-state index is 0.925. The van der Waals surface area contributed by atoms with E-state index in [9.17, 15) is 0 Å². The van der Waals surface area contributed by atoms with Gasteiger partial charge in [0.2, 0.25) is 0 Å². The molecule has 0 heterocycles. The summed E-state index contributed by atoms with van der Waals surface area (Å²) in [6.07, 6.45) is 31.9. The van der Waals surface area contributed by atoms with Crippen LogP contribution in [-0.2, 0) is 0 Å². The van der Waals surface area contributed by atoms with Gasteiger partial charge < -0.3 is 0 Å². The summed E-state index contributed by atoms with van der Waals surface area (Å²) in [6, 6.07) is 0. The first-order valence-electron chi connectivity index (χ1n) is 15.7. The maximum Gasteiger partial charge on any atom is -0.0360 e. The Labute approximate surface area is 206 Å². The van der Waals surface area contributed by atoms with Crippen LogP contribution in [0, 0.1) is 23.7 Å². The number of rotatable bonds is 25. The van der Waals surface area contributed by atoms with Gasteiger partial charge in [-0.05, 0) is 23.7 Å². The molecule has 0 radical (unpaired) electrons. The summed E-state index contributed by atoms with van der Waals surface area (Å²) in [5.41, 5.74) is 0. The average molecular weight is 451 g/mol. The predicted molar refractivity (Wildman–Crippen MR) is 150 cm³/mol. The lowest BCUT2D eigenvalue weighted by atomic mass is 9.69. The maximum absolute atomic E-state index is 2.67. The molecule has 0 fully saturated rings. The molecule has 0 aliphatic rings. The third-order valence-corrected chi connectivity index (χ3v) is 8.46. The quantitative estimate of drug-likeness (QED) is 0.121. The van der Waals surface area contributed by atoms with Gasteiger partial charge in [0.15, 0.2) is 0 Å². The third-order valence-electron chi connectivity index (χ3n) is 8.46. The van der Waals surface area contributed by atoms with Gasteiger partial charge in [-0.2, -0.15) is 0 Å². The van der Waals surface area contributed by atoms with E-state index in [4.69, 9.17) is 0 Å². The Morgan fingerprint density at radius 3 is 1.19 bits per heavy atom. The van der Waals surface area contributed by atoms with Gasteiger partial charge in [0.25, 0.3) is 0 Å². The van der Waals surface area contributed by atoms with E-state index in [0.29, 0.717) is 0 Å². The first-order valence-corrected chi connectivity index (χ1v) is 15.7. The van der Waals surface area contributed by atoms with Gasteiger partial charge in [0.1, 0.15) is 0 Å². The predicted octanol–water partition coefficient (Wildman–Crippen LogP) is 12.2. The Kier molecular flexibility index (Phi) is 24.1. The minimum atomic E-state index is 0.925. The van der Waals surface area contributed by atoms with Crippen LogP contribution in [0.3, 0.4) is 0 Å². The first kappa shape index (κ1) is 32.0.